The van der Waals surface area contributed by atoms with Crippen molar-refractivity contribution in [3.8, 4) is 0 Å². The molecule has 1 aromatic carbocycles. The summed E-state index contributed by atoms with van der Waals surface area (Å²) in [5.41, 5.74) is 7.38. The van der Waals surface area contributed by atoms with Crippen molar-refractivity contribution < 1.29 is 4.79 Å². The van der Waals surface area contributed by atoms with Crippen LogP contribution in [0.5, 0.6) is 0 Å². The van der Waals surface area contributed by atoms with E-state index in [9.17, 15) is 4.79 Å². The van der Waals surface area contributed by atoms with Gasteiger partial charge in [0.1, 0.15) is 0 Å². The summed E-state index contributed by atoms with van der Waals surface area (Å²) in [5.74, 6) is 0.355. The molecule has 2 unspecified atom stereocenters. The molecule has 0 radical (unpaired) electrons. The number of nitrogens with one attached hydrogen (secondary N) is 1. The summed E-state index contributed by atoms with van der Waals surface area (Å²) < 4.78 is 0. The lowest BCUT2D eigenvalue weighted by Gasteiger charge is -2.34. The van der Waals surface area contributed by atoms with Gasteiger partial charge in [0.05, 0.1) is 0 Å². The van der Waals surface area contributed by atoms with Gasteiger partial charge in [-0.25, -0.2) is 0 Å². The molecule has 1 aliphatic heterocycles. The number of hydrogen-bond donors (Lipinski definition) is 2. The van der Waals surface area contributed by atoms with E-state index in [1.807, 2.05) is 0 Å². The lowest BCUT2D eigenvalue weighted by molar-refractivity contribution is -0.126. The highest BCUT2D eigenvalue weighted by molar-refractivity contribution is 5.78. The number of amides is 1. The Morgan fingerprint density at radius 2 is 1.81 bits per heavy atom. The predicted octanol–water partition coefficient (Wildman–Crippen LogP) is 1.83. The molecule has 1 aliphatic carbocycles. The molecule has 0 bridgehead atoms. The predicted molar refractivity (Wildman–Crippen MR) is 106 cm³/mol. The van der Waals surface area contributed by atoms with Crippen LogP contribution in [-0.2, 0) is 11.3 Å². The highest BCUT2D eigenvalue weighted by Gasteiger charge is 2.25. The second-order valence-electron chi connectivity index (χ2n) is 7.87. The van der Waals surface area contributed by atoms with E-state index >= 15 is 0 Å². The summed E-state index contributed by atoms with van der Waals surface area (Å²) in [5, 5.41) is 3.12. The Kier molecular flexibility index (Phi) is 7.47. The molecule has 1 saturated heterocycles. The number of nitrogens with two attached hydrogens (primary N) is 1. The van der Waals surface area contributed by atoms with Crippen molar-refractivity contribution >= 4 is 5.91 Å². The minimum atomic E-state index is 0.139. The summed E-state index contributed by atoms with van der Waals surface area (Å²) >= 11 is 0. The Balaban J connectivity index is 1.26. The first-order valence-electron chi connectivity index (χ1n) is 10.2. The third kappa shape index (κ3) is 6.08. The van der Waals surface area contributed by atoms with Crippen LogP contribution >= 0.6 is 0 Å². The Labute approximate surface area is 157 Å². The number of carbonyl (C=O) groups excluding carboxylic acids is 1. The van der Waals surface area contributed by atoms with Gasteiger partial charge in [0, 0.05) is 51.2 Å². The van der Waals surface area contributed by atoms with E-state index in [1.165, 1.54) is 5.56 Å². The summed E-state index contributed by atoms with van der Waals surface area (Å²) in [6.45, 7) is 7.41. The van der Waals surface area contributed by atoms with E-state index < -0.39 is 0 Å². The first kappa shape index (κ1) is 19.3. The molecule has 0 spiro atoms. The van der Waals surface area contributed by atoms with Crippen molar-refractivity contribution in [2.45, 2.75) is 44.7 Å². The number of nitrogens with zero attached hydrogens (tertiary/aromatic N) is 2. The van der Waals surface area contributed by atoms with Crippen LogP contribution in [0, 0.1) is 5.92 Å². The molecule has 5 heteroatoms. The van der Waals surface area contributed by atoms with Crippen LogP contribution in [0.2, 0.25) is 0 Å². The number of hydrogen-bond acceptors (Lipinski definition) is 4. The fraction of sp³-hybridized carbons (Fsp3) is 0.667. The van der Waals surface area contributed by atoms with Crippen LogP contribution in [0.3, 0.4) is 0 Å². The molecule has 2 aliphatic rings. The van der Waals surface area contributed by atoms with Gasteiger partial charge in [-0.1, -0.05) is 36.8 Å². The molecule has 2 atom stereocenters. The molecule has 5 nitrogen and oxygen atoms in total. The third-order valence-corrected chi connectivity index (χ3v) is 5.75. The van der Waals surface area contributed by atoms with Gasteiger partial charge in [-0.2, -0.15) is 0 Å². The fourth-order valence-corrected chi connectivity index (χ4v) is 4.14. The maximum Gasteiger partial charge on any atom is 0.223 e. The van der Waals surface area contributed by atoms with Crippen molar-refractivity contribution in [3.63, 3.8) is 0 Å². The average Bonchev–Trinajstić information content (AvgIpc) is 2.67. The van der Waals surface area contributed by atoms with Gasteiger partial charge in [-0.05, 0) is 37.8 Å². The summed E-state index contributed by atoms with van der Waals surface area (Å²) in [7, 11) is 0. The van der Waals surface area contributed by atoms with Crippen LogP contribution in [-0.4, -0.2) is 61.0 Å². The van der Waals surface area contributed by atoms with Crippen LogP contribution in [0.4, 0.5) is 0 Å². The summed E-state index contributed by atoms with van der Waals surface area (Å²) in [4.78, 5) is 17.3. The quantitative estimate of drug-likeness (QED) is 0.730. The van der Waals surface area contributed by atoms with E-state index in [0.29, 0.717) is 0 Å². The maximum absolute atomic E-state index is 12.2. The van der Waals surface area contributed by atoms with Crippen LogP contribution in [0.1, 0.15) is 37.7 Å². The number of benzene rings is 1. The summed E-state index contributed by atoms with van der Waals surface area (Å²) in [6, 6.07) is 10.9. The smallest absolute Gasteiger partial charge is 0.223 e. The van der Waals surface area contributed by atoms with Gasteiger partial charge < -0.3 is 16.0 Å². The maximum atomic E-state index is 12.2. The first-order chi connectivity index (χ1) is 12.7. The van der Waals surface area contributed by atoms with Gasteiger partial charge in [0.15, 0.2) is 0 Å². The van der Waals surface area contributed by atoms with Gasteiger partial charge in [-0.3, -0.25) is 9.69 Å². The Bertz CT molecular complexity index is 542. The van der Waals surface area contributed by atoms with E-state index in [1.54, 1.807) is 0 Å². The SMILES string of the molecule is NC1CCCC(C(=O)NCCCN2CCN(Cc3ccccc3)CC2)C1. The number of carbonyl (C=O) groups is 1. The molecule has 1 aromatic rings. The van der Waals surface area contributed by atoms with E-state index in [0.717, 1.165) is 77.9 Å². The zero-order valence-corrected chi connectivity index (χ0v) is 15.9. The lowest BCUT2D eigenvalue weighted by atomic mass is 9.85. The van der Waals surface area contributed by atoms with Crippen molar-refractivity contribution in [1.82, 2.24) is 15.1 Å². The molecule has 26 heavy (non-hydrogen) atoms. The fourth-order valence-electron chi connectivity index (χ4n) is 4.14. The lowest BCUT2D eigenvalue weighted by Crippen LogP contribution is -2.46. The molecule has 2 fully saturated rings. The highest BCUT2D eigenvalue weighted by atomic mass is 16.1. The molecule has 1 amide bonds. The number of piperazine rings is 1. The second kappa shape index (κ2) is 10.0. The van der Waals surface area contributed by atoms with Gasteiger partial charge >= 0.3 is 0 Å². The molecule has 3 rings (SSSR count). The van der Waals surface area contributed by atoms with Crippen LogP contribution in [0.25, 0.3) is 0 Å². The summed E-state index contributed by atoms with van der Waals surface area (Å²) in [6.07, 6.45) is 5.05. The zero-order chi connectivity index (χ0) is 18.2. The van der Waals surface area contributed by atoms with Crippen molar-refractivity contribution in [3.05, 3.63) is 35.9 Å². The monoisotopic (exact) mass is 358 g/mol. The Morgan fingerprint density at radius 1 is 1.08 bits per heavy atom. The molecule has 1 heterocycles. The van der Waals surface area contributed by atoms with Gasteiger partial charge in [-0.15, -0.1) is 0 Å². The zero-order valence-electron chi connectivity index (χ0n) is 15.9. The van der Waals surface area contributed by atoms with Gasteiger partial charge in [0.25, 0.3) is 0 Å². The largest absolute Gasteiger partial charge is 0.356 e. The van der Waals surface area contributed by atoms with Crippen molar-refractivity contribution in [2.75, 3.05) is 39.3 Å². The Hall–Kier alpha value is -1.43. The second-order valence-corrected chi connectivity index (χ2v) is 7.87. The molecule has 144 valence electrons. The standard InChI is InChI=1S/C21H34N4O/c22-20-9-4-8-19(16-20)21(26)23-10-5-11-24-12-14-25(15-13-24)17-18-6-2-1-3-7-18/h1-3,6-7,19-20H,4-5,8-17,22H2,(H,23,26). The molecule has 1 saturated carbocycles. The average molecular weight is 359 g/mol. The minimum absolute atomic E-state index is 0.139. The minimum Gasteiger partial charge on any atom is -0.356 e. The highest BCUT2D eigenvalue weighted by Crippen LogP contribution is 2.23. The van der Waals surface area contributed by atoms with Crippen molar-refractivity contribution in [1.29, 1.82) is 0 Å². The molecular formula is C21H34N4O. The Morgan fingerprint density at radius 3 is 2.54 bits per heavy atom. The molecule has 0 aromatic heterocycles. The van der Waals surface area contributed by atoms with Crippen LogP contribution in [0.15, 0.2) is 30.3 Å². The van der Waals surface area contributed by atoms with Crippen LogP contribution < -0.4 is 11.1 Å². The topological polar surface area (TPSA) is 61.6 Å². The van der Waals surface area contributed by atoms with Crippen molar-refractivity contribution in [2.24, 2.45) is 11.7 Å². The van der Waals surface area contributed by atoms with E-state index in [4.69, 9.17) is 5.73 Å². The third-order valence-electron chi connectivity index (χ3n) is 5.75. The van der Waals surface area contributed by atoms with Gasteiger partial charge in [0.2, 0.25) is 5.91 Å². The van der Waals surface area contributed by atoms with E-state index in [2.05, 4.69) is 45.4 Å². The van der Waals surface area contributed by atoms with E-state index in [-0.39, 0.29) is 17.9 Å². The number of rotatable bonds is 7. The molecular weight excluding hydrogens is 324 g/mol. The first-order valence-corrected chi connectivity index (χ1v) is 10.2. The molecule has 3 N–H and O–H groups in total. The normalized spacial score (nSPS) is 25.1.